The van der Waals surface area contributed by atoms with Crippen LogP contribution >= 0.6 is 0 Å². The summed E-state index contributed by atoms with van der Waals surface area (Å²) in [6.07, 6.45) is 1.85. The molecule has 0 unspecified atom stereocenters. The number of nitrogens with one attached hydrogen (secondary N) is 1. The second-order valence-electron chi connectivity index (χ2n) is 3.87. The summed E-state index contributed by atoms with van der Waals surface area (Å²) in [6.45, 7) is 5.47. The molecule has 0 aliphatic heterocycles. The van der Waals surface area contributed by atoms with Crippen LogP contribution in [0.25, 0.3) is 5.69 Å². The molecule has 0 fully saturated rings. The fourth-order valence-electron chi connectivity index (χ4n) is 1.63. The first-order valence-corrected chi connectivity index (χ1v) is 5.59. The van der Waals surface area contributed by atoms with E-state index in [4.69, 9.17) is 0 Å². The van der Waals surface area contributed by atoms with E-state index >= 15 is 0 Å². The van der Waals surface area contributed by atoms with E-state index in [9.17, 15) is 4.39 Å². The van der Waals surface area contributed by atoms with Gasteiger partial charge in [0.05, 0.1) is 17.6 Å². The molecule has 0 atom stereocenters. The zero-order chi connectivity index (χ0) is 12.3. The van der Waals surface area contributed by atoms with Crippen molar-refractivity contribution in [3.8, 4) is 5.69 Å². The van der Waals surface area contributed by atoms with Crippen LogP contribution in [0.3, 0.4) is 0 Å². The number of hydrogen-bond donors (Lipinski definition) is 1. The van der Waals surface area contributed by atoms with Crippen molar-refractivity contribution in [3.63, 3.8) is 0 Å². The molecule has 17 heavy (non-hydrogen) atoms. The van der Waals surface area contributed by atoms with Crippen LogP contribution in [0.1, 0.15) is 18.2 Å². The van der Waals surface area contributed by atoms with Crippen LogP contribution in [0.15, 0.2) is 24.4 Å². The molecule has 0 amide bonds. The van der Waals surface area contributed by atoms with Gasteiger partial charge in [0.25, 0.3) is 0 Å². The SMILES string of the molecule is CCNCc1cn(-c2ccc(F)cc2C)nn1. The third-order valence-electron chi connectivity index (χ3n) is 2.50. The molecular weight excluding hydrogens is 219 g/mol. The first-order valence-electron chi connectivity index (χ1n) is 5.59. The molecule has 5 heteroatoms. The second kappa shape index (κ2) is 5.05. The van der Waals surface area contributed by atoms with E-state index in [0.717, 1.165) is 23.5 Å². The van der Waals surface area contributed by atoms with Crippen molar-refractivity contribution in [2.45, 2.75) is 20.4 Å². The number of halogens is 1. The average molecular weight is 234 g/mol. The minimum atomic E-state index is -0.237. The van der Waals surface area contributed by atoms with Gasteiger partial charge in [-0.3, -0.25) is 0 Å². The summed E-state index contributed by atoms with van der Waals surface area (Å²) in [6, 6.07) is 4.62. The Morgan fingerprint density at radius 3 is 2.94 bits per heavy atom. The van der Waals surface area contributed by atoms with Gasteiger partial charge in [-0.2, -0.15) is 0 Å². The summed E-state index contributed by atoms with van der Waals surface area (Å²) in [5.41, 5.74) is 2.56. The lowest BCUT2D eigenvalue weighted by atomic mass is 10.2. The second-order valence-corrected chi connectivity index (χ2v) is 3.87. The molecule has 0 aliphatic carbocycles. The fourth-order valence-corrected chi connectivity index (χ4v) is 1.63. The first-order chi connectivity index (χ1) is 8.20. The maximum absolute atomic E-state index is 13.0. The van der Waals surface area contributed by atoms with Gasteiger partial charge < -0.3 is 5.32 Å². The van der Waals surface area contributed by atoms with E-state index < -0.39 is 0 Å². The highest BCUT2D eigenvalue weighted by atomic mass is 19.1. The standard InChI is InChI=1S/C12H15FN4/c1-3-14-7-11-8-17(16-15-11)12-5-4-10(13)6-9(12)2/h4-6,8,14H,3,7H2,1-2H3. The van der Waals surface area contributed by atoms with Gasteiger partial charge in [0.2, 0.25) is 0 Å². The van der Waals surface area contributed by atoms with Gasteiger partial charge in [0.15, 0.2) is 0 Å². The number of aromatic nitrogens is 3. The maximum Gasteiger partial charge on any atom is 0.123 e. The number of nitrogens with zero attached hydrogens (tertiary/aromatic N) is 3. The van der Waals surface area contributed by atoms with E-state index in [2.05, 4.69) is 15.6 Å². The molecular formula is C12H15FN4. The molecule has 1 aromatic heterocycles. The van der Waals surface area contributed by atoms with Gasteiger partial charge in [-0.05, 0) is 37.2 Å². The lowest BCUT2D eigenvalue weighted by Crippen LogP contribution is -2.11. The Morgan fingerprint density at radius 1 is 1.41 bits per heavy atom. The van der Waals surface area contributed by atoms with Crippen molar-refractivity contribution in [3.05, 3.63) is 41.5 Å². The average Bonchev–Trinajstić information content (AvgIpc) is 2.75. The van der Waals surface area contributed by atoms with Gasteiger partial charge in [0, 0.05) is 6.54 Å². The van der Waals surface area contributed by atoms with Crippen LogP contribution in [-0.4, -0.2) is 21.5 Å². The van der Waals surface area contributed by atoms with Crippen LogP contribution in [-0.2, 0) is 6.54 Å². The van der Waals surface area contributed by atoms with Gasteiger partial charge in [-0.1, -0.05) is 12.1 Å². The molecule has 1 aromatic carbocycles. The smallest absolute Gasteiger partial charge is 0.123 e. The minimum Gasteiger partial charge on any atom is -0.311 e. The number of rotatable bonds is 4. The molecule has 0 saturated carbocycles. The Hall–Kier alpha value is -1.75. The molecule has 1 heterocycles. The molecule has 4 nitrogen and oxygen atoms in total. The minimum absolute atomic E-state index is 0.237. The van der Waals surface area contributed by atoms with Crippen molar-refractivity contribution < 1.29 is 4.39 Å². The van der Waals surface area contributed by atoms with Crippen LogP contribution in [0.5, 0.6) is 0 Å². The molecule has 90 valence electrons. The topological polar surface area (TPSA) is 42.7 Å². The molecule has 1 N–H and O–H groups in total. The van der Waals surface area contributed by atoms with Gasteiger partial charge >= 0.3 is 0 Å². The Kier molecular flexibility index (Phi) is 3.49. The third-order valence-corrected chi connectivity index (χ3v) is 2.50. The lowest BCUT2D eigenvalue weighted by Gasteiger charge is -2.04. The summed E-state index contributed by atoms with van der Waals surface area (Å²) in [5, 5.41) is 11.3. The van der Waals surface area contributed by atoms with Crippen LogP contribution in [0, 0.1) is 12.7 Å². The van der Waals surface area contributed by atoms with Crippen molar-refractivity contribution in [1.29, 1.82) is 0 Å². The predicted octanol–water partition coefficient (Wildman–Crippen LogP) is 1.82. The van der Waals surface area contributed by atoms with Crippen molar-refractivity contribution in [1.82, 2.24) is 20.3 Å². The van der Waals surface area contributed by atoms with Crippen LogP contribution < -0.4 is 5.32 Å². The highest BCUT2D eigenvalue weighted by molar-refractivity contribution is 5.39. The van der Waals surface area contributed by atoms with E-state index in [-0.39, 0.29) is 5.82 Å². The highest BCUT2D eigenvalue weighted by Gasteiger charge is 2.05. The summed E-state index contributed by atoms with van der Waals surface area (Å²) >= 11 is 0. The van der Waals surface area contributed by atoms with Gasteiger partial charge in [-0.15, -0.1) is 5.10 Å². The lowest BCUT2D eigenvalue weighted by molar-refractivity contribution is 0.625. The maximum atomic E-state index is 13.0. The largest absolute Gasteiger partial charge is 0.311 e. The Bertz CT molecular complexity index is 507. The summed E-state index contributed by atoms with van der Waals surface area (Å²) < 4.78 is 14.6. The highest BCUT2D eigenvalue weighted by Crippen LogP contribution is 2.14. The fraction of sp³-hybridized carbons (Fsp3) is 0.333. The number of benzene rings is 1. The normalized spacial score (nSPS) is 10.8. The number of hydrogen-bond acceptors (Lipinski definition) is 3. The van der Waals surface area contributed by atoms with E-state index in [0.29, 0.717) is 6.54 Å². The van der Waals surface area contributed by atoms with Crippen molar-refractivity contribution in [2.75, 3.05) is 6.54 Å². The monoisotopic (exact) mass is 234 g/mol. The molecule has 2 rings (SSSR count). The zero-order valence-electron chi connectivity index (χ0n) is 9.94. The van der Waals surface area contributed by atoms with Gasteiger partial charge in [-0.25, -0.2) is 9.07 Å². The van der Waals surface area contributed by atoms with E-state index in [1.54, 1.807) is 10.7 Å². The molecule has 0 bridgehead atoms. The Labute approximate surface area is 99.5 Å². The summed E-state index contributed by atoms with van der Waals surface area (Å²) in [5.74, 6) is -0.237. The number of aryl methyl sites for hydroxylation is 1. The van der Waals surface area contributed by atoms with Crippen LogP contribution in [0.2, 0.25) is 0 Å². The predicted molar refractivity (Wildman–Crippen MR) is 63.4 cm³/mol. The molecule has 0 radical (unpaired) electrons. The molecule has 2 aromatic rings. The Balaban J connectivity index is 2.24. The third kappa shape index (κ3) is 2.68. The first kappa shape index (κ1) is 11.7. The van der Waals surface area contributed by atoms with Crippen molar-refractivity contribution in [2.24, 2.45) is 0 Å². The summed E-state index contributed by atoms with van der Waals surface area (Å²) in [4.78, 5) is 0. The van der Waals surface area contributed by atoms with Crippen molar-refractivity contribution >= 4 is 0 Å². The quantitative estimate of drug-likeness (QED) is 0.877. The van der Waals surface area contributed by atoms with Gasteiger partial charge in [0.1, 0.15) is 5.82 Å². The summed E-state index contributed by atoms with van der Waals surface area (Å²) in [7, 11) is 0. The zero-order valence-corrected chi connectivity index (χ0v) is 9.94. The van der Waals surface area contributed by atoms with E-state index in [1.807, 2.05) is 20.0 Å². The Morgan fingerprint density at radius 2 is 2.24 bits per heavy atom. The molecule has 0 saturated heterocycles. The van der Waals surface area contributed by atoms with Crippen LogP contribution in [0.4, 0.5) is 4.39 Å². The van der Waals surface area contributed by atoms with E-state index in [1.165, 1.54) is 12.1 Å². The molecule has 0 aliphatic rings. The molecule has 0 spiro atoms.